The van der Waals surface area contributed by atoms with Crippen molar-refractivity contribution in [3.8, 4) is 0 Å². The molecule has 0 bridgehead atoms. The quantitative estimate of drug-likeness (QED) is 0.740. The van der Waals surface area contributed by atoms with Crippen LogP contribution in [0.1, 0.15) is 11.6 Å². The van der Waals surface area contributed by atoms with Crippen LogP contribution in [-0.2, 0) is 4.74 Å². The molecule has 1 fully saturated rings. The molecule has 1 atom stereocenters. The first-order valence-electron chi connectivity index (χ1n) is 5.32. The van der Waals surface area contributed by atoms with Gasteiger partial charge in [0.05, 0.1) is 19.3 Å². The van der Waals surface area contributed by atoms with E-state index in [4.69, 9.17) is 4.74 Å². The number of nitrogens with one attached hydrogen (secondary N) is 2. The Hall–Kier alpha value is -1.32. The van der Waals surface area contributed by atoms with Gasteiger partial charge in [0.2, 0.25) is 0 Å². The Morgan fingerprint density at radius 2 is 2.27 bits per heavy atom. The Kier molecular flexibility index (Phi) is 2.19. The number of aromatic amines is 1. The van der Waals surface area contributed by atoms with Crippen molar-refractivity contribution in [1.29, 1.82) is 0 Å². The third-order valence-electron chi connectivity index (χ3n) is 2.90. The fourth-order valence-electron chi connectivity index (χ4n) is 2.06. The lowest BCUT2D eigenvalue weighted by Gasteiger charge is -2.24. The summed E-state index contributed by atoms with van der Waals surface area (Å²) in [6.07, 6.45) is 1.97. The predicted octanol–water partition coefficient (Wildman–Crippen LogP) is 1.83. The van der Waals surface area contributed by atoms with Crippen LogP contribution in [0.25, 0.3) is 10.9 Å². The van der Waals surface area contributed by atoms with E-state index in [2.05, 4.69) is 34.6 Å². The molecule has 0 aliphatic carbocycles. The SMILES string of the molecule is c1cc2ccc([C@@H]3COCCN3)cc2[nH]1. The second kappa shape index (κ2) is 3.68. The number of benzene rings is 1. The number of H-pyrrole nitrogens is 1. The molecule has 3 heteroatoms. The second-order valence-electron chi connectivity index (χ2n) is 3.91. The molecule has 78 valence electrons. The molecule has 2 heterocycles. The van der Waals surface area contributed by atoms with Gasteiger partial charge in [-0.3, -0.25) is 0 Å². The van der Waals surface area contributed by atoms with Gasteiger partial charge in [0.15, 0.2) is 0 Å². The summed E-state index contributed by atoms with van der Waals surface area (Å²) in [6, 6.07) is 8.94. The molecule has 0 amide bonds. The smallest absolute Gasteiger partial charge is 0.0662 e. The maximum atomic E-state index is 5.46. The van der Waals surface area contributed by atoms with Gasteiger partial charge in [-0.2, -0.15) is 0 Å². The molecule has 1 saturated heterocycles. The zero-order valence-corrected chi connectivity index (χ0v) is 8.49. The number of ether oxygens (including phenoxy) is 1. The van der Waals surface area contributed by atoms with Crippen LogP contribution < -0.4 is 5.32 Å². The molecular weight excluding hydrogens is 188 g/mol. The first-order valence-corrected chi connectivity index (χ1v) is 5.32. The Labute approximate surface area is 88.4 Å². The van der Waals surface area contributed by atoms with E-state index < -0.39 is 0 Å². The molecular formula is C12H14N2O. The Balaban J connectivity index is 1.95. The van der Waals surface area contributed by atoms with Crippen LogP contribution in [0, 0.1) is 0 Å². The van der Waals surface area contributed by atoms with Gasteiger partial charge < -0.3 is 15.0 Å². The van der Waals surface area contributed by atoms with Gasteiger partial charge in [0, 0.05) is 18.3 Å². The summed E-state index contributed by atoms with van der Waals surface area (Å²) in [7, 11) is 0. The number of morpholine rings is 1. The molecule has 1 aromatic heterocycles. The van der Waals surface area contributed by atoms with E-state index in [0.717, 1.165) is 19.8 Å². The van der Waals surface area contributed by atoms with Crippen LogP contribution in [0.5, 0.6) is 0 Å². The van der Waals surface area contributed by atoms with Crippen LogP contribution in [0.3, 0.4) is 0 Å². The van der Waals surface area contributed by atoms with Gasteiger partial charge >= 0.3 is 0 Å². The van der Waals surface area contributed by atoms with Crippen molar-refractivity contribution in [1.82, 2.24) is 10.3 Å². The number of rotatable bonds is 1. The molecule has 3 nitrogen and oxygen atoms in total. The lowest BCUT2D eigenvalue weighted by molar-refractivity contribution is 0.0769. The Bertz CT molecular complexity index is 457. The van der Waals surface area contributed by atoms with Crippen molar-refractivity contribution in [2.24, 2.45) is 0 Å². The van der Waals surface area contributed by atoms with E-state index in [0.29, 0.717) is 6.04 Å². The standard InChI is InChI=1S/C12H14N2O/c1-2-10(12-8-15-6-5-14-12)7-11-9(1)3-4-13-11/h1-4,7,12-14H,5-6,8H2/t12-/m0/s1. The molecule has 0 radical (unpaired) electrons. The van der Waals surface area contributed by atoms with Crippen molar-refractivity contribution in [3.05, 3.63) is 36.0 Å². The molecule has 15 heavy (non-hydrogen) atoms. The van der Waals surface area contributed by atoms with Gasteiger partial charge in [-0.05, 0) is 23.1 Å². The van der Waals surface area contributed by atoms with E-state index in [1.165, 1.54) is 16.5 Å². The molecule has 1 aliphatic heterocycles. The molecule has 0 saturated carbocycles. The van der Waals surface area contributed by atoms with Crippen molar-refractivity contribution in [2.45, 2.75) is 6.04 Å². The maximum absolute atomic E-state index is 5.46. The minimum absolute atomic E-state index is 0.339. The monoisotopic (exact) mass is 202 g/mol. The van der Waals surface area contributed by atoms with Gasteiger partial charge in [0.1, 0.15) is 0 Å². The first kappa shape index (κ1) is 8.95. The number of fused-ring (bicyclic) bond motifs is 1. The van der Waals surface area contributed by atoms with Crippen LogP contribution in [-0.4, -0.2) is 24.7 Å². The van der Waals surface area contributed by atoms with E-state index >= 15 is 0 Å². The van der Waals surface area contributed by atoms with E-state index in [1.807, 2.05) is 6.20 Å². The summed E-state index contributed by atoms with van der Waals surface area (Å²) in [5.74, 6) is 0. The molecule has 1 aliphatic rings. The third-order valence-corrected chi connectivity index (χ3v) is 2.90. The zero-order chi connectivity index (χ0) is 10.1. The van der Waals surface area contributed by atoms with Crippen molar-refractivity contribution in [2.75, 3.05) is 19.8 Å². The lowest BCUT2D eigenvalue weighted by Crippen LogP contribution is -2.34. The average molecular weight is 202 g/mol. The predicted molar refractivity (Wildman–Crippen MR) is 59.9 cm³/mol. The van der Waals surface area contributed by atoms with Crippen molar-refractivity contribution >= 4 is 10.9 Å². The molecule has 2 aromatic rings. The van der Waals surface area contributed by atoms with E-state index in [-0.39, 0.29) is 0 Å². The Morgan fingerprint density at radius 3 is 3.13 bits per heavy atom. The number of hydrogen-bond donors (Lipinski definition) is 2. The van der Waals surface area contributed by atoms with Gasteiger partial charge in [-0.25, -0.2) is 0 Å². The highest BCUT2D eigenvalue weighted by molar-refractivity contribution is 5.79. The average Bonchev–Trinajstić information content (AvgIpc) is 2.77. The summed E-state index contributed by atoms with van der Waals surface area (Å²) in [5.41, 5.74) is 2.49. The second-order valence-corrected chi connectivity index (χ2v) is 3.91. The van der Waals surface area contributed by atoms with Crippen LogP contribution in [0.4, 0.5) is 0 Å². The molecule has 0 unspecified atom stereocenters. The minimum atomic E-state index is 0.339. The third kappa shape index (κ3) is 1.64. The highest BCUT2D eigenvalue weighted by atomic mass is 16.5. The van der Waals surface area contributed by atoms with E-state index in [1.54, 1.807) is 0 Å². The summed E-state index contributed by atoms with van der Waals surface area (Å²) in [6.45, 7) is 2.53. The normalized spacial score (nSPS) is 22.0. The van der Waals surface area contributed by atoms with Crippen molar-refractivity contribution in [3.63, 3.8) is 0 Å². The van der Waals surface area contributed by atoms with Gasteiger partial charge in [-0.15, -0.1) is 0 Å². The van der Waals surface area contributed by atoms with Crippen molar-refractivity contribution < 1.29 is 4.74 Å². The van der Waals surface area contributed by atoms with Crippen LogP contribution >= 0.6 is 0 Å². The topological polar surface area (TPSA) is 37.0 Å². The molecule has 2 N–H and O–H groups in total. The zero-order valence-electron chi connectivity index (χ0n) is 8.49. The van der Waals surface area contributed by atoms with Crippen LogP contribution in [0.2, 0.25) is 0 Å². The highest BCUT2D eigenvalue weighted by Crippen LogP contribution is 2.20. The summed E-state index contributed by atoms with van der Waals surface area (Å²) in [4.78, 5) is 3.23. The summed E-state index contributed by atoms with van der Waals surface area (Å²) < 4.78 is 5.46. The van der Waals surface area contributed by atoms with E-state index in [9.17, 15) is 0 Å². The molecule has 0 spiro atoms. The molecule has 1 aromatic carbocycles. The number of aromatic nitrogens is 1. The first-order chi connectivity index (χ1) is 7.43. The van der Waals surface area contributed by atoms with Crippen LogP contribution in [0.15, 0.2) is 30.5 Å². The lowest BCUT2D eigenvalue weighted by atomic mass is 10.1. The minimum Gasteiger partial charge on any atom is -0.378 e. The largest absolute Gasteiger partial charge is 0.378 e. The van der Waals surface area contributed by atoms with Gasteiger partial charge in [0.25, 0.3) is 0 Å². The Morgan fingerprint density at radius 1 is 1.27 bits per heavy atom. The maximum Gasteiger partial charge on any atom is 0.0662 e. The summed E-state index contributed by atoms with van der Waals surface area (Å²) >= 11 is 0. The fourth-order valence-corrected chi connectivity index (χ4v) is 2.06. The summed E-state index contributed by atoms with van der Waals surface area (Å²) in [5, 5.41) is 4.71. The molecule has 3 rings (SSSR count). The fraction of sp³-hybridized carbons (Fsp3) is 0.333. The van der Waals surface area contributed by atoms with Gasteiger partial charge in [-0.1, -0.05) is 12.1 Å². The highest BCUT2D eigenvalue weighted by Gasteiger charge is 2.15. The number of hydrogen-bond acceptors (Lipinski definition) is 2.